The van der Waals surface area contributed by atoms with Gasteiger partial charge in [-0.2, -0.15) is 0 Å². The molecular formula is C17H18ClN3O2. The van der Waals surface area contributed by atoms with E-state index in [0.29, 0.717) is 35.5 Å². The Morgan fingerprint density at radius 1 is 1.43 bits per heavy atom. The van der Waals surface area contributed by atoms with E-state index in [1.807, 2.05) is 19.9 Å². The molecule has 1 aliphatic heterocycles. The lowest BCUT2D eigenvalue weighted by molar-refractivity contribution is 0.0989. The van der Waals surface area contributed by atoms with E-state index in [1.54, 1.807) is 23.4 Å². The fraction of sp³-hybridized carbons (Fsp3) is 0.353. The molecule has 2 aromatic heterocycles. The number of anilines is 1. The summed E-state index contributed by atoms with van der Waals surface area (Å²) in [5, 5.41) is 0.352. The predicted molar refractivity (Wildman–Crippen MR) is 89.2 cm³/mol. The Kier molecular flexibility index (Phi) is 4.48. The summed E-state index contributed by atoms with van der Waals surface area (Å²) in [7, 11) is 0. The van der Waals surface area contributed by atoms with Crippen molar-refractivity contribution in [3.63, 3.8) is 0 Å². The van der Waals surface area contributed by atoms with E-state index in [9.17, 15) is 4.79 Å². The number of hydrogen-bond acceptors (Lipinski definition) is 4. The molecule has 0 bridgehead atoms. The normalized spacial score (nSPS) is 13.3. The number of pyridine rings is 2. The van der Waals surface area contributed by atoms with Crippen LogP contribution in [0.15, 0.2) is 30.7 Å². The van der Waals surface area contributed by atoms with Gasteiger partial charge in [-0.05, 0) is 30.0 Å². The van der Waals surface area contributed by atoms with E-state index >= 15 is 0 Å². The molecule has 23 heavy (non-hydrogen) atoms. The first-order valence-electron chi connectivity index (χ1n) is 7.59. The molecule has 0 N–H and O–H groups in total. The molecule has 1 amide bonds. The van der Waals surface area contributed by atoms with E-state index in [-0.39, 0.29) is 5.91 Å². The number of hydrogen-bond donors (Lipinski definition) is 0. The summed E-state index contributed by atoms with van der Waals surface area (Å²) in [4.78, 5) is 22.7. The standard InChI is InChI=1S/C17H18ClN3O2/c1-11(2)10-23-16-14(18)7-13(9-20-16)17(22)21-6-4-12-8-19-5-3-15(12)21/h3,5,7-9,11H,4,6,10H2,1-2H3. The van der Waals surface area contributed by atoms with E-state index < -0.39 is 0 Å². The summed E-state index contributed by atoms with van der Waals surface area (Å²) < 4.78 is 5.54. The molecule has 120 valence electrons. The summed E-state index contributed by atoms with van der Waals surface area (Å²) in [6, 6.07) is 3.47. The average Bonchev–Trinajstić information content (AvgIpc) is 2.97. The minimum Gasteiger partial charge on any atom is -0.476 e. The van der Waals surface area contributed by atoms with Gasteiger partial charge in [0.25, 0.3) is 5.91 Å². The molecule has 0 saturated carbocycles. The van der Waals surface area contributed by atoms with Gasteiger partial charge < -0.3 is 9.64 Å². The second kappa shape index (κ2) is 6.54. The van der Waals surface area contributed by atoms with Gasteiger partial charge >= 0.3 is 0 Å². The first-order chi connectivity index (χ1) is 11.1. The van der Waals surface area contributed by atoms with Crippen LogP contribution in [-0.2, 0) is 6.42 Å². The van der Waals surface area contributed by atoms with Crippen molar-refractivity contribution >= 4 is 23.2 Å². The zero-order chi connectivity index (χ0) is 16.4. The second-order valence-corrected chi connectivity index (χ2v) is 6.33. The smallest absolute Gasteiger partial charge is 0.259 e. The Morgan fingerprint density at radius 3 is 3.00 bits per heavy atom. The van der Waals surface area contributed by atoms with Crippen molar-refractivity contribution in [1.82, 2.24) is 9.97 Å². The third-order valence-corrected chi connectivity index (χ3v) is 3.90. The molecule has 5 nitrogen and oxygen atoms in total. The monoisotopic (exact) mass is 331 g/mol. The molecule has 0 unspecified atom stereocenters. The number of rotatable bonds is 4. The topological polar surface area (TPSA) is 55.3 Å². The van der Waals surface area contributed by atoms with Crippen molar-refractivity contribution < 1.29 is 9.53 Å². The van der Waals surface area contributed by atoms with E-state index in [2.05, 4.69) is 9.97 Å². The Bertz CT molecular complexity index is 734. The van der Waals surface area contributed by atoms with Gasteiger partial charge in [0.15, 0.2) is 0 Å². The van der Waals surface area contributed by atoms with Crippen LogP contribution in [0, 0.1) is 5.92 Å². The Morgan fingerprint density at radius 2 is 2.26 bits per heavy atom. The van der Waals surface area contributed by atoms with Crippen LogP contribution in [0.3, 0.4) is 0 Å². The molecule has 3 rings (SSSR count). The third-order valence-electron chi connectivity index (χ3n) is 3.63. The Hall–Kier alpha value is -2.14. The Balaban J connectivity index is 1.80. The lowest BCUT2D eigenvalue weighted by Gasteiger charge is -2.17. The van der Waals surface area contributed by atoms with Crippen molar-refractivity contribution in [1.29, 1.82) is 0 Å². The summed E-state index contributed by atoms with van der Waals surface area (Å²) >= 11 is 6.20. The average molecular weight is 332 g/mol. The highest BCUT2D eigenvalue weighted by molar-refractivity contribution is 6.32. The highest BCUT2D eigenvalue weighted by Crippen LogP contribution is 2.29. The second-order valence-electron chi connectivity index (χ2n) is 5.93. The molecule has 0 fully saturated rings. The summed E-state index contributed by atoms with van der Waals surface area (Å²) in [6.07, 6.45) is 5.82. The zero-order valence-corrected chi connectivity index (χ0v) is 13.9. The maximum absolute atomic E-state index is 12.7. The van der Waals surface area contributed by atoms with Gasteiger partial charge in [-0.1, -0.05) is 25.4 Å². The zero-order valence-electron chi connectivity index (χ0n) is 13.1. The molecule has 0 radical (unpaired) electrons. The summed E-state index contributed by atoms with van der Waals surface area (Å²) in [5.41, 5.74) is 2.44. The van der Waals surface area contributed by atoms with E-state index in [1.165, 1.54) is 6.20 Å². The number of aromatic nitrogens is 2. The number of ether oxygens (including phenoxy) is 1. The molecule has 6 heteroatoms. The molecule has 0 atom stereocenters. The van der Waals surface area contributed by atoms with Crippen LogP contribution in [0.2, 0.25) is 5.02 Å². The summed E-state index contributed by atoms with van der Waals surface area (Å²) in [5.74, 6) is 0.631. The van der Waals surface area contributed by atoms with Crippen LogP contribution in [0.25, 0.3) is 0 Å². The molecule has 1 aliphatic rings. The van der Waals surface area contributed by atoms with Crippen LogP contribution >= 0.6 is 11.6 Å². The lowest BCUT2D eigenvalue weighted by atomic mass is 10.2. The van der Waals surface area contributed by atoms with Crippen molar-refractivity contribution in [3.8, 4) is 5.88 Å². The molecule has 0 aliphatic carbocycles. The number of carbonyl (C=O) groups excluding carboxylic acids is 1. The maximum atomic E-state index is 12.7. The van der Waals surface area contributed by atoms with Crippen molar-refractivity contribution in [3.05, 3.63) is 46.9 Å². The minimum atomic E-state index is -0.111. The molecule has 2 aromatic rings. The van der Waals surface area contributed by atoms with E-state index in [0.717, 1.165) is 17.7 Å². The van der Waals surface area contributed by atoms with Gasteiger partial charge in [0.2, 0.25) is 5.88 Å². The van der Waals surface area contributed by atoms with Gasteiger partial charge in [0.05, 0.1) is 17.9 Å². The third kappa shape index (κ3) is 3.29. The van der Waals surface area contributed by atoms with Gasteiger partial charge in [-0.15, -0.1) is 0 Å². The van der Waals surface area contributed by atoms with Crippen LogP contribution in [0.5, 0.6) is 5.88 Å². The van der Waals surface area contributed by atoms with Crippen LogP contribution < -0.4 is 9.64 Å². The van der Waals surface area contributed by atoms with Crippen LogP contribution in [-0.4, -0.2) is 29.0 Å². The lowest BCUT2D eigenvalue weighted by Crippen LogP contribution is -2.29. The predicted octanol–water partition coefficient (Wildman–Crippen LogP) is 3.37. The number of amides is 1. The largest absolute Gasteiger partial charge is 0.476 e. The number of halogens is 1. The molecular weight excluding hydrogens is 314 g/mol. The van der Waals surface area contributed by atoms with Gasteiger partial charge in [0, 0.05) is 25.1 Å². The van der Waals surface area contributed by atoms with Gasteiger partial charge in [0.1, 0.15) is 5.02 Å². The fourth-order valence-electron chi connectivity index (χ4n) is 2.49. The Labute approximate surface area is 140 Å². The quantitative estimate of drug-likeness (QED) is 0.862. The SMILES string of the molecule is CC(C)COc1ncc(C(=O)N2CCc3cnccc32)cc1Cl. The molecule has 3 heterocycles. The molecule has 0 spiro atoms. The molecule has 0 aromatic carbocycles. The highest BCUT2D eigenvalue weighted by atomic mass is 35.5. The minimum absolute atomic E-state index is 0.111. The first kappa shape index (κ1) is 15.7. The fourth-order valence-corrected chi connectivity index (χ4v) is 2.71. The van der Waals surface area contributed by atoms with E-state index in [4.69, 9.17) is 16.3 Å². The van der Waals surface area contributed by atoms with Crippen molar-refractivity contribution in [2.45, 2.75) is 20.3 Å². The first-order valence-corrected chi connectivity index (χ1v) is 7.97. The van der Waals surface area contributed by atoms with Crippen molar-refractivity contribution in [2.24, 2.45) is 5.92 Å². The maximum Gasteiger partial charge on any atom is 0.259 e. The van der Waals surface area contributed by atoms with Crippen LogP contribution in [0.4, 0.5) is 5.69 Å². The summed E-state index contributed by atoms with van der Waals surface area (Å²) in [6.45, 7) is 5.27. The van der Waals surface area contributed by atoms with Gasteiger partial charge in [-0.25, -0.2) is 4.98 Å². The number of nitrogens with zero attached hydrogens (tertiary/aromatic N) is 3. The number of fused-ring (bicyclic) bond motifs is 1. The molecule has 0 saturated heterocycles. The highest BCUT2D eigenvalue weighted by Gasteiger charge is 2.26. The van der Waals surface area contributed by atoms with Crippen molar-refractivity contribution in [2.75, 3.05) is 18.1 Å². The number of carbonyl (C=O) groups is 1. The van der Waals surface area contributed by atoms with Gasteiger partial charge in [-0.3, -0.25) is 9.78 Å². The van der Waals surface area contributed by atoms with Crippen LogP contribution in [0.1, 0.15) is 29.8 Å².